The second-order valence-corrected chi connectivity index (χ2v) is 10.3. The van der Waals surface area contributed by atoms with Crippen molar-refractivity contribution in [1.29, 1.82) is 5.41 Å². The number of carbonyl (C=O) groups is 1. The number of para-hydroxylation sites is 1. The highest BCUT2D eigenvalue weighted by molar-refractivity contribution is 8.27. The number of amidine groups is 2. The van der Waals surface area contributed by atoms with Gasteiger partial charge in [-0.05, 0) is 84.8 Å². The molecule has 4 aromatic rings. The number of thioether (sulfide) groups is 1. The van der Waals surface area contributed by atoms with Gasteiger partial charge in [0.2, 0.25) is 5.17 Å². The van der Waals surface area contributed by atoms with Crippen molar-refractivity contribution in [1.82, 2.24) is 9.58 Å². The van der Waals surface area contributed by atoms with Gasteiger partial charge in [0, 0.05) is 17.1 Å². The zero-order valence-corrected chi connectivity index (χ0v) is 22.0. The van der Waals surface area contributed by atoms with Crippen LogP contribution in [0.25, 0.3) is 22.5 Å². The van der Waals surface area contributed by atoms with Crippen molar-refractivity contribution in [2.45, 2.75) is 20.8 Å². The van der Waals surface area contributed by atoms with E-state index in [0.29, 0.717) is 10.2 Å². The van der Waals surface area contributed by atoms with E-state index in [-0.39, 0.29) is 18.0 Å². The van der Waals surface area contributed by atoms with E-state index < -0.39 is 5.91 Å². The number of nitrogens with zero attached hydrogens (tertiary/aromatic N) is 4. The Morgan fingerprint density at radius 3 is 2.55 bits per heavy atom. The summed E-state index contributed by atoms with van der Waals surface area (Å²) in [6, 6.07) is 24.4. The minimum atomic E-state index is -0.444. The molecule has 2 aliphatic heterocycles. The Balaban J connectivity index is 1.28. The maximum Gasteiger partial charge on any atom is 0.283 e. The number of aromatic nitrogens is 1. The fourth-order valence-electron chi connectivity index (χ4n) is 4.75. The van der Waals surface area contributed by atoms with Crippen molar-refractivity contribution in [2.24, 2.45) is 10.1 Å². The molecular weight excluding hydrogens is 494 g/mol. The Morgan fingerprint density at radius 2 is 1.74 bits per heavy atom. The second kappa shape index (κ2) is 9.46. The highest BCUT2D eigenvalue weighted by Crippen LogP contribution is 2.31. The summed E-state index contributed by atoms with van der Waals surface area (Å²) in [6.07, 6.45) is 1.74. The molecule has 1 amide bonds. The molecule has 0 bridgehead atoms. The molecule has 3 heterocycles. The Bertz CT molecular complexity index is 1730. The fraction of sp³-hybridized carbons (Fsp3) is 0.133. The van der Waals surface area contributed by atoms with Gasteiger partial charge >= 0.3 is 0 Å². The summed E-state index contributed by atoms with van der Waals surface area (Å²) in [5, 5.41) is 18.0. The standard InChI is InChI=1S/C30H25N5O2S/c1-18-8-4-7-11-26(18)37-17-27-33-35-28(31)25(29(36)32-30(35)38-27)16-23-14-19(2)34(20(23)3)24-13-12-21-9-5-6-10-22(21)15-24/h4-16,31H,17H2,1-3H3/b25-16-,31-28?. The first-order valence-corrected chi connectivity index (χ1v) is 13.1. The molecule has 0 saturated heterocycles. The highest BCUT2D eigenvalue weighted by atomic mass is 32.2. The predicted octanol–water partition coefficient (Wildman–Crippen LogP) is 6.25. The van der Waals surface area contributed by atoms with Crippen LogP contribution < -0.4 is 4.74 Å². The van der Waals surface area contributed by atoms with Gasteiger partial charge in [-0.2, -0.15) is 15.1 Å². The van der Waals surface area contributed by atoms with Crippen LogP contribution in [-0.4, -0.2) is 38.1 Å². The van der Waals surface area contributed by atoms with Gasteiger partial charge in [0.25, 0.3) is 5.91 Å². The van der Waals surface area contributed by atoms with E-state index in [4.69, 9.17) is 10.1 Å². The van der Waals surface area contributed by atoms with E-state index in [9.17, 15) is 4.79 Å². The monoisotopic (exact) mass is 519 g/mol. The molecule has 38 heavy (non-hydrogen) atoms. The summed E-state index contributed by atoms with van der Waals surface area (Å²) in [5.41, 5.74) is 5.16. The van der Waals surface area contributed by atoms with Gasteiger partial charge in [-0.25, -0.2) is 0 Å². The molecule has 2 aliphatic rings. The smallest absolute Gasteiger partial charge is 0.283 e. The normalized spacial score (nSPS) is 16.2. The number of aryl methyl sites for hydroxylation is 2. The molecule has 6 rings (SSSR count). The van der Waals surface area contributed by atoms with Crippen molar-refractivity contribution in [2.75, 3.05) is 6.61 Å². The number of rotatable bonds is 5. The predicted molar refractivity (Wildman–Crippen MR) is 154 cm³/mol. The Morgan fingerprint density at radius 1 is 0.974 bits per heavy atom. The summed E-state index contributed by atoms with van der Waals surface area (Å²) in [7, 11) is 0. The van der Waals surface area contributed by atoms with E-state index in [1.54, 1.807) is 6.08 Å². The number of benzene rings is 3. The van der Waals surface area contributed by atoms with Crippen LogP contribution in [0, 0.1) is 26.2 Å². The van der Waals surface area contributed by atoms with Crippen LogP contribution in [-0.2, 0) is 4.79 Å². The first-order valence-electron chi connectivity index (χ1n) is 12.2. The van der Waals surface area contributed by atoms with Crippen molar-refractivity contribution in [3.63, 3.8) is 0 Å². The highest BCUT2D eigenvalue weighted by Gasteiger charge is 2.36. The third-order valence-corrected chi connectivity index (χ3v) is 7.58. The average Bonchev–Trinajstić information content (AvgIpc) is 3.45. The van der Waals surface area contributed by atoms with Crippen LogP contribution in [0.15, 0.2) is 88.5 Å². The van der Waals surface area contributed by atoms with Crippen LogP contribution in [0.2, 0.25) is 0 Å². The molecule has 1 aromatic heterocycles. The molecule has 1 N–H and O–H groups in total. The lowest BCUT2D eigenvalue weighted by molar-refractivity contribution is -0.114. The molecule has 0 unspecified atom stereocenters. The number of carbonyl (C=O) groups excluding carboxylic acids is 1. The molecule has 0 spiro atoms. The lowest BCUT2D eigenvalue weighted by Gasteiger charge is -2.20. The Labute approximate surface area is 224 Å². The third-order valence-electron chi connectivity index (χ3n) is 6.70. The van der Waals surface area contributed by atoms with Gasteiger partial charge in [0.1, 0.15) is 17.4 Å². The number of amides is 1. The molecule has 0 aliphatic carbocycles. The largest absolute Gasteiger partial charge is 0.486 e. The minimum Gasteiger partial charge on any atom is -0.486 e. The van der Waals surface area contributed by atoms with Gasteiger partial charge in [0.15, 0.2) is 5.84 Å². The lowest BCUT2D eigenvalue weighted by atomic mass is 10.1. The van der Waals surface area contributed by atoms with E-state index in [2.05, 4.69) is 45.0 Å². The van der Waals surface area contributed by atoms with Gasteiger partial charge in [-0.15, -0.1) is 0 Å². The number of fused-ring (bicyclic) bond motifs is 2. The molecule has 0 atom stereocenters. The average molecular weight is 520 g/mol. The molecule has 3 aromatic carbocycles. The maximum absolute atomic E-state index is 13.0. The van der Waals surface area contributed by atoms with E-state index in [1.807, 2.05) is 63.2 Å². The summed E-state index contributed by atoms with van der Waals surface area (Å²) >= 11 is 1.25. The molecule has 188 valence electrons. The van der Waals surface area contributed by atoms with Gasteiger partial charge in [-0.3, -0.25) is 10.2 Å². The fourth-order valence-corrected chi connectivity index (χ4v) is 5.55. The second-order valence-electron chi connectivity index (χ2n) is 9.26. The van der Waals surface area contributed by atoms with Crippen LogP contribution in [0.1, 0.15) is 22.5 Å². The van der Waals surface area contributed by atoms with Crippen LogP contribution >= 0.6 is 11.8 Å². The number of hydrogen-bond acceptors (Lipinski definition) is 5. The Kier molecular flexibility index (Phi) is 5.96. The number of hydrazone groups is 1. The van der Waals surface area contributed by atoms with E-state index >= 15 is 0 Å². The molecular formula is C30H25N5O2S. The number of ether oxygens (including phenoxy) is 1. The molecule has 7 nitrogen and oxygen atoms in total. The van der Waals surface area contributed by atoms with Crippen molar-refractivity contribution < 1.29 is 9.53 Å². The molecule has 0 radical (unpaired) electrons. The zero-order chi connectivity index (χ0) is 26.4. The van der Waals surface area contributed by atoms with Crippen molar-refractivity contribution >= 4 is 50.6 Å². The van der Waals surface area contributed by atoms with Gasteiger partial charge in [0.05, 0.1) is 5.57 Å². The summed E-state index contributed by atoms with van der Waals surface area (Å²) < 4.78 is 8.07. The third kappa shape index (κ3) is 4.22. The SMILES string of the molecule is Cc1ccccc1OCC1=NN2C(=N)/C(=C/c3cc(C)n(-c4ccc5ccccc5c4)c3C)C(=O)N=C2S1. The van der Waals surface area contributed by atoms with Crippen LogP contribution in [0.5, 0.6) is 5.75 Å². The quantitative estimate of drug-likeness (QED) is 0.316. The summed E-state index contributed by atoms with van der Waals surface area (Å²) in [6.45, 7) is 6.27. The number of aliphatic imine (C=N–C) groups is 1. The molecule has 0 fully saturated rings. The van der Waals surface area contributed by atoms with Crippen molar-refractivity contribution in [3.05, 3.63) is 101 Å². The first-order chi connectivity index (χ1) is 18.4. The topological polar surface area (TPSA) is 83.0 Å². The van der Waals surface area contributed by atoms with Crippen molar-refractivity contribution in [3.8, 4) is 11.4 Å². The minimum absolute atomic E-state index is 0.00824. The van der Waals surface area contributed by atoms with Gasteiger partial charge < -0.3 is 9.30 Å². The van der Waals surface area contributed by atoms with Crippen LogP contribution in [0.3, 0.4) is 0 Å². The number of nitrogens with one attached hydrogen (secondary N) is 1. The summed E-state index contributed by atoms with van der Waals surface area (Å²) in [4.78, 5) is 17.2. The molecule has 8 heteroatoms. The van der Waals surface area contributed by atoms with E-state index in [1.165, 1.54) is 22.2 Å². The lowest BCUT2D eigenvalue weighted by Crippen LogP contribution is -2.35. The number of hydrogen-bond donors (Lipinski definition) is 1. The Hall–Kier alpha value is -4.43. The van der Waals surface area contributed by atoms with E-state index in [0.717, 1.165) is 39.3 Å². The summed E-state index contributed by atoms with van der Waals surface area (Å²) in [5.74, 6) is 0.338. The molecule has 0 saturated carbocycles. The maximum atomic E-state index is 13.0. The zero-order valence-electron chi connectivity index (χ0n) is 21.2. The van der Waals surface area contributed by atoms with Crippen LogP contribution in [0.4, 0.5) is 0 Å². The first kappa shape index (κ1) is 23.9. The van der Waals surface area contributed by atoms with Gasteiger partial charge in [-0.1, -0.05) is 48.5 Å².